The van der Waals surface area contributed by atoms with Crippen LogP contribution in [0.2, 0.25) is 0 Å². The Morgan fingerprint density at radius 3 is 2.48 bits per heavy atom. The molecular weight excluding hydrogens is 400 g/mol. The molecule has 0 unspecified atom stereocenters. The van der Waals surface area contributed by atoms with E-state index >= 15 is 0 Å². The van der Waals surface area contributed by atoms with E-state index in [9.17, 15) is 4.79 Å². The number of halogens is 2. The number of anilines is 1. The van der Waals surface area contributed by atoms with Gasteiger partial charge in [0.25, 0.3) is 0 Å². The van der Waals surface area contributed by atoms with Crippen molar-refractivity contribution in [3.8, 4) is 0 Å². The van der Waals surface area contributed by atoms with Crippen LogP contribution in [0.1, 0.15) is 24.8 Å². The molecule has 1 fully saturated rings. The van der Waals surface area contributed by atoms with E-state index in [0.29, 0.717) is 19.1 Å². The fraction of sp³-hybridized carbons (Fsp3) is 0.533. The van der Waals surface area contributed by atoms with Gasteiger partial charge in [0.1, 0.15) is 0 Å². The zero-order valence-electron chi connectivity index (χ0n) is 12.0. The highest BCUT2D eigenvalue weighted by Gasteiger charge is 2.26. The molecule has 1 aliphatic rings. The number of benzene rings is 1. The van der Waals surface area contributed by atoms with Crippen molar-refractivity contribution in [2.24, 2.45) is 0 Å². The molecule has 6 heteroatoms. The highest BCUT2D eigenvalue weighted by molar-refractivity contribution is 9.11. The summed E-state index contributed by atoms with van der Waals surface area (Å²) in [6.45, 7) is 2.95. The molecule has 0 heterocycles. The highest BCUT2D eigenvalue weighted by atomic mass is 79.9. The summed E-state index contributed by atoms with van der Waals surface area (Å²) < 4.78 is 1.72. The van der Waals surface area contributed by atoms with E-state index < -0.39 is 0 Å². The van der Waals surface area contributed by atoms with Crippen LogP contribution in [0.4, 0.5) is 5.69 Å². The summed E-state index contributed by atoms with van der Waals surface area (Å²) >= 11 is 6.96. The van der Waals surface area contributed by atoms with Gasteiger partial charge in [0.2, 0.25) is 5.91 Å². The van der Waals surface area contributed by atoms with E-state index in [1.165, 1.54) is 6.42 Å². The van der Waals surface area contributed by atoms with Crippen molar-refractivity contribution in [1.29, 1.82) is 0 Å². The van der Waals surface area contributed by atoms with Crippen molar-refractivity contribution in [2.75, 3.05) is 25.0 Å². The Kier molecular flexibility index (Phi) is 6.22. The molecule has 116 valence electrons. The topological polar surface area (TPSA) is 52.6 Å². The smallest absolute Gasteiger partial charge is 0.238 e. The Morgan fingerprint density at radius 1 is 1.38 bits per heavy atom. The lowest BCUT2D eigenvalue weighted by atomic mass is 9.91. The summed E-state index contributed by atoms with van der Waals surface area (Å²) in [4.78, 5) is 14.3. The van der Waals surface area contributed by atoms with Crippen molar-refractivity contribution in [3.63, 3.8) is 0 Å². The number of aliphatic hydroxyl groups is 1. The van der Waals surface area contributed by atoms with Gasteiger partial charge in [0.15, 0.2) is 0 Å². The third-order valence-electron chi connectivity index (χ3n) is 3.78. The Hall–Kier alpha value is -0.430. The van der Waals surface area contributed by atoms with Crippen LogP contribution >= 0.6 is 31.9 Å². The van der Waals surface area contributed by atoms with Gasteiger partial charge in [-0.2, -0.15) is 0 Å². The predicted octanol–water partition coefficient (Wildman–Crippen LogP) is 3.31. The second-order valence-corrected chi connectivity index (χ2v) is 7.14. The van der Waals surface area contributed by atoms with Crippen LogP contribution < -0.4 is 5.32 Å². The molecular formula is C15H20Br2N2O2. The van der Waals surface area contributed by atoms with Crippen LogP contribution in [0.5, 0.6) is 0 Å². The monoisotopic (exact) mass is 418 g/mol. The van der Waals surface area contributed by atoms with Crippen molar-refractivity contribution in [1.82, 2.24) is 4.90 Å². The van der Waals surface area contributed by atoms with Gasteiger partial charge >= 0.3 is 0 Å². The van der Waals surface area contributed by atoms with Gasteiger partial charge in [-0.25, -0.2) is 0 Å². The van der Waals surface area contributed by atoms with Gasteiger partial charge in [-0.1, -0.05) is 6.42 Å². The molecule has 2 N–H and O–H groups in total. The standard InChI is InChI=1S/C15H20Br2N2O2/c1-10-7-12(16)15(13(17)8-10)18-14(21)9-19(5-6-20)11-3-2-4-11/h7-8,11,20H,2-6,9H2,1H3,(H,18,21). The van der Waals surface area contributed by atoms with Gasteiger partial charge in [0.05, 0.1) is 18.8 Å². The summed E-state index contributed by atoms with van der Waals surface area (Å²) in [5.74, 6) is -0.0550. The van der Waals surface area contributed by atoms with Gasteiger partial charge in [-0.3, -0.25) is 9.69 Å². The summed E-state index contributed by atoms with van der Waals surface area (Å²) in [7, 11) is 0. The summed E-state index contributed by atoms with van der Waals surface area (Å²) in [6, 6.07) is 4.38. The Bertz CT molecular complexity index is 495. The first-order chi connectivity index (χ1) is 10.0. The zero-order chi connectivity index (χ0) is 15.4. The zero-order valence-corrected chi connectivity index (χ0v) is 15.2. The Balaban J connectivity index is 2.00. The molecule has 1 saturated carbocycles. The van der Waals surface area contributed by atoms with E-state index in [-0.39, 0.29) is 12.5 Å². The molecule has 0 saturated heterocycles. The first-order valence-electron chi connectivity index (χ1n) is 7.11. The molecule has 1 aromatic carbocycles. The molecule has 0 aromatic heterocycles. The summed E-state index contributed by atoms with van der Waals surface area (Å²) in [6.07, 6.45) is 3.44. The number of nitrogens with zero attached hydrogens (tertiary/aromatic N) is 1. The van der Waals surface area contributed by atoms with Gasteiger partial charge in [-0.15, -0.1) is 0 Å². The maximum absolute atomic E-state index is 12.3. The molecule has 1 amide bonds. The number of carbonyl (C=O) groups is 1. The van der Waals surface area contributed by atoms with Crippen molar-refractivity contribution in [3.05, 3.63) is 26.6 Å². The predicted molar refractivity (Wildman–Crippen MR) is 91.5 cm³/mol. The number of hydrogen-bond donors (Lipinski definition) is 2. The second-order valence-electron chi connectivity index (χ2n) is 5.43. The van der Waals surface area contributed by atoms with Crippen LogP contribution in [0.15, 0.2) is 21.1 Å². The van der Waals surface area contributed by atoms with E-state index in [4.69, 9.17) is 5.11 Å². The second kappa shape index (κ2) is 7.72. The van der Waals surface area contributed by atoms with E-state index in [0.717, 1.165) is 33.0 Å². The summed E-state index contributed by atoms with van der Waals surface area (Å²) in [5, 5.41) is 12.1. The number of amides is 1. The van der Waals surface area contributed by atoms with Gasteiger partial charge < -0.3 is 10.4 Å². The minimum absolute atomic E-state index is 0.0550. The first-order valence-corrected chi connectivity index (χ1v) is 8.70. The quantitative estimate of drug-likeness (QED) is 0.743. The normalized spacial score (nSPS) is 15.1. The Labute approximate surface area is 142 Å². The molecule has 1 aromatic rings. The molecule has 0 radical (unpaired) electrons. The summed E-state index contributed by atoms with van der Waals surface area (Å²) in [5.41, 5.74) is 1.87. The number of carbonyl (C=O) groups excluding carboxylic acids is 1. The van der Waals surface area contributed by atoms with E-state index in [1.54, 1.807) is 0 Å². The molecule has 0 spiro atoms. The SMILES string of the molecule is Cc1cc(Br)c(NC(=O)CN(CCO)C2CCC2)c(Br)c1. The largest absolute Gasteiger partial charge is 0.395 e. The number of aryl methyl sites for hydroxylation is 1. The van der Waals surface area contributed by atoms with Crippen LogP contribution in [0.3, 0.4) is 0 Å². The maximum atomic E-state index is 12.3. The van der Waals surface area contributed by atoms with Gasteiger partial charge in [-0.05, 0) is 69.3 Å². The number of hydrogen-bond acceptors (Lipinski definition) is 3. The van der Waals surface area contributed by atoms with Crippen LogP contribution in [0, 0.1) is 6.92 Å². The molecule has 21 heavy (non-hydrogen) atoms. The maximum Gasteiger partial charge on any atom is 0.238 e. The minimum Gasteiger partial charge on any atom is -0.395 e. The van der Waals surface area contributed by atoms with Crippen molar-refractivity contribution < 1.29 is 9.90 Å². The Morgan fingerprint density at radius 2 is 2.00 bits per heavy atom. The molecule has 0 bridgehead atoms. The van der Waals surface area contributed by atoms with Crippen LogP contribution in [0.25, 0.3) is 0 Å². The van der Waals surface area contributed by atoms with Gasteiger partial charge in [0, 0.05) is 21.5 Å². The average molecular weight is 420 g/mol. The minimum atomic E-state index is -0.0550. The average Bonchev–Trinajstić information content (AvgIpc) is 2.31. The third kappa shape index (κ3) is 4.52. The first kappa shape index (κ1) is 16.9. The fourth-order valence-corrected chi connectivity index (χ4v) is 4.07. The molecule has 4 nitrogen and oxygen atoms in total. The lowest BCUT2D eigenvalue weighted by Gasteiger charge is -2.36. The molecule has 0 atom stereocenters. The van der Waals surface area contributed by atoms with Crippen LogP contribution in [-0.2, 0) is 4.79 Å². The van der Waals surface area contributed by atoms with Crippen molar-refractivity contribution >= 4 is 43.5 Å². The fourth-order valence-electron chi connectivity index (χ4n) is 2.45. The lowest BCUT2D eigenvalue weighted by Crippen LogP contribution is -2.45. The number of rotatable bonds is 6. The van der Waals surface area contributed by atoms with Crippen LogP contribution in [-0.4, -0.2) is 41.7 Å². The molecule has 0 aliphatic heterocycles. The number of aliphatic hydroxyl groups excluding tert-OH is 1. The lowest BCUT2D eigenvalue weighted by molar-refractivity contribution is -0.118. The number of nitrogens with one attached hydrogen (secondary N) is 1. The van der Waals surface area contributed by atoms with Crippen molar-refractivity contribution in [2.45, 2.75) is 32.2 Å². The van der Waals surface area contributed by atoms with E-state index in [2.05, 4.69) is 42.1 Å². The molecule has 1 aliphatic carbocycles. The molecule has 2 rings (SSSR count). The third-order valence-corrected chi connectivity index (χ3v) is 5.03. The van der Waals surface area contributed by atoms with E-state index in [1.807, 2.05) is 19.1 Å². The highest BCUT2D eigenvalue weighted by Crippen LogP contribution is 2.32.